The number of hydrogen-bond acceptors (Lipinski definition) is 2. The van der Waals surface area contributed by atoms with E-state index < -0.39 is 11.6 Å². The van der Waals surface area contributed by atoms with Crippen LogP contribution in [0.15, 0.2) is 18.2 Å². The van der Waals surface area contributed by atoms with E-state index in [4.69, 9.17) is 5.26 Å². The van der Waals surface area contributed by atoms with Crippen LogP contribution in [0.4, 0.5) is 14.5 Å². The van der Waals surface area contributed by atoms with Crippen molar-refractivity contribution in [3.63, 3.8) is 0 Å². The van der Waals surface area contributed by atoms with Crippen molar-refractivity contribution in [3.8, 4) is 6.07 Å². The number of rotatable bonds is 4. The van der Waals surface area contributed by atoms with Crippen LogP contribution in [0.5, 0.6) is 0 Å². The first-order valence-corrected chi connectivity index (χ1v) is 4.68. The van der Waals surface area contributed by atoms with Crippen LogP contribution >= 0.6 is 0 Å². The fourth-order valence-corrected chi connectivity index (χ4v) is 1.29. The van der Waals surface area contributed by atoms with E-state index in [1.54, 1.807) is 11.9 Å². The van der Waals surface area contributed by atoms with Crippen molar-refractivity contribution in [1.29, 1.82) is 5.26 Å². The van der Waals surface area contributed by atoms with E-state index in [1.807, 2.05) is 6.07 Å². The Kier molecular flexibility index (Phi) is 4.04. The van der Waals surface area contributed by atoms with E-state index in [1.165, 1.54) is 0 Å². The van der Waals surface area contributed by atoms with Crippen molar-refractivity contribution in [2.24, 2.45) is 0 Å². The fourth-order valence-electron chi connectivity index (χ4n) is 1.29. The molecule has 0 aliphatic heterocycles. The minimum Gasteiger partial charge on any atom is -0.372 e. The second kappa shape index (κ2) is 5.30. The average Bonchev–Trinajstić information content (AvgIpc) is 2.22. The molecule has 0 aliphatic carbocycles. The average molecular weight is 210 g/mol. The topological polar surface area (TPSA) is 27.0 Å². The number of unbranched alkanes of at least 4 members (excludes halogenated alkanes) is 1. The number of anilines is 1. The van der Waals surface area contributed by atoms with Crippen molar-refractivity contribution in [1.82, 2.24) is 0 Å². The highest BCUT2D eigenvalue weighted by Crippen LogP contribution is 2.19. The molecule has 0 saturated heterocycles. The summed E-state index contributed by atoms with van der Waals surface area (Å²) in [5.74, 6) is -0.908. The third kappa shape index (κ3) is 3.21. The molecule has 0 aromatic heterocycles. The summed E-state index contributed by atoms with van der Waals surface area (Å²) in [7, 11) is 1.68. The molecule has 0 atom stereocenters. The molecule has 0 fully saturated rings. The van der Waals surface area contributed by atoms with E-state index in [-0.39, 0.29) is 5.69 Å². The van der Waals surface area contributed by atoms with Crippen LogP contribution in [0.1, 0.15) is 12.8 Å². The van der Waals surface area contributed by atoms with Gasteiger partial charge in [-0.05, 0) is 18.6 Å². The first-order chi connectivity index (χ1) is 7.15. The Hall–Kier alpha value is -1.63. The molecule has 0 saturated carbocycles. The predicted molar refractivity (Wildman–Crippen MR) is 54.5 cm³/mol. The molecule has 4 heteroatoms. The molecule has 0 spiro atoms. The Labute approximate surface area is 87.7 Å². The molecule has 0 amide bonds. The quantitative estimate of drug-likeness (QED) is 0.714. The second-order valence-electron chi connectivity index (χ2n) is 3.28. The van der Waals surface area contributed by atoms with E-state index in [2.05, 4.69) is 0 Å². The Morgan fingerprint density at radius 1 is 1.40 bits per heavy atom. The smallest absolute Gasteiger partial charge is 0.146 e. The molecule has 2 nitrogen and oxygen atoms in total. The highest BCUT2D eigenvalue weighted by Gasteiger charge is 2.08. The lowest BCUT2D eigenvalue weighted by Gasteiger charge is -2.19. The second-order valence-corrected chi connectivity index (χ2v) is 3.28. The zero-order valence-corrected chi connectivity index (χ0v) is 8.50. The molecule has 0 bridgehead atoms. The first kappa shape index (κ1) is 11.4. The standard InChI is InChI=1S/C11H12F2N2/c1-15(7-3-2-6-14)11-8-9(12)4-5-10(11)13/h4-5,8H,2-3,7H2,1H3. The van der Waals surface area contributed by atoms with Gasteiger partial charge in [-0.2, -0.15) is 5.26 Å². The Morgan fingerprint density at radius 2 is 2.13 bits per heavy atom. The van der Waals surface area contributed by atoms with Crippen LogP contribution in [0.3, 0.4) is 0 Å². The van der Waals surface area contributed by atoms with Crippen molar-refractivity contribution < 1.29 is 8.78 Å². The zero-order valence-electron chi connectivity index (χ0n) is 8.50. The monoisotopic (exact) mass is 210 g/mol. The molecule has 0 aliphatic rings. The largest absolute Gasteiger partial charge is 0.372 e. The molecular weight excluding hydrogens is 198 g/mol. The minimum atomic E-state index is -0.460. The summed E-state index contributed by atoms with van der Waals surface area (Å²) in [5, 5.41) is 8.35. The summed E-state index contributed by atoms with van der Waals surface area (Å²) < 4.78 is 26.1. The molecule has 0 heterocycles. The van der Waals surface area contributed by atoms with Gasteiger partial charge in [0.15, 0.2) is 0 Å². The maximum absolute atomic E-state index is 13.3. The highest BCUT2D eigenvalue weighted by molar-refractivity contribution is 5.47. The van der Waals surface area contributed by atoms with Gasteiger partial charge in [0.1, 0.15) is 11.6 Å². The van der Waals surface area contributed by atoms with Gasteiger partial charge < -0.3 is 4.90 Å². The first-order valence-electron chi connectivity index (χ1n) is 4.68. The molecule has 0 radical (unpaired) electrons. The van der Waals surface area contributed by atoms with Gasteiger partial charge >= 0.3 is 0 Å². The van der Waals surface area contributed by atoms with Crippen LogP contribution in [0.2, 0.25) is 0 Å². The molecular formula is C11H12F2N2. The lowest BCUT2D eigenvalue weighted by atomic mass is 10.2. The van der Waals surface area contributed by atoms with E-state index >= 15 is 0 Å². The van der Waals surface area contributed by atoms with Gasteiger partial charge in [-0.1, -0.05) is 0 Å². The Balaban J connectivity index is 2.69. The predicted octanol–water partition coefficient (Wildman–Crippen LogP) is 2.70. The van der Waals surface area contributed by atoms with Crippen LogP contribution < -0.4 is 4.90 Å². The van der Waals surface area contributed by atoms with Gasteiger partial charge in [-0.15, -0.1) is 0 Å². The SMILES string of the molecule is CN(CCCC#N)c1cc(F)ccc1F. The van der Waals surface area contributed by atoms with Crippen LogP contribution in [-0.2, 0) is 0 Å². The van der Waals surface area contributed by atoms with Gasteiger partial charge in [0.2, 0.25) is 0 Å². The number of benzene rings is 1. The van der Waals surface area contributed by atoms with E-state index in [0.717, 1.165) is 18.2 Å². The minimum absolute atomic E-state index is 0.230. The third-order valence-corrected chi connectivity index (χ3v) is 2.10. The van der Waals surface area contributed by atoms with Crippen molar-refractivity contribution in [3.05, 3.63) is 29.8 Å². The van der Waals surface area contributed by atoms with Gasteiger partial charge in [0, 0.05) is 26.1 Å². The summed E-state index contributed by atoms with van der Waals surface area (Å²) in [5.41, 5.74) is 0.230. The number of hydrogen-bond donors (Lipinski definition) is 0. The van der Waals surface area contributed by atoms with Crippen LogP contribution in [0, 0.1) is 23.0 Å². The van der Waals surface area contributed by atoms with Gasteiger partial charge in [0.25, 0.3) is 0 Å². The Bertz CT molecular complexity index is 371. The van der Waals surface area contributed by atoms with Crippen LogP contribution in [-0.4, -0.2) is 13.6 Å². The Morgan fingerprint density at radius 3 is 2.80 bits per heavy atom. The summed E-state index contributed by atoms with van der Waals surface area (Å²) in [4.78, 5) is 1.61. The van der Waals surface area contributed by atoms with Crippen molar-refractivity contribution in [2.45, 2.75) is 12.8 Å². The van der Waals surface area contributed by atoms with E-state index in [0.29, 0.717) is 19.4 Å². The van der Waals surface area contributed by atoms with Crippen LogP contribution in [0.25, 0.3) is 0 Å². The number of nitrogens with zero attached hydrogens (tertiary/aromatic N) is 2. The van der Waals surface area contributed by atoms with Crippen molar-refractivity contribution in [2.75, 3.05) is 18.5 Å². The highest BCUT2D eigenvalue weighted by atomic mass is 19.1. The molecule has 0 N–H and O–H groups in total. The molecule has 1 aromatic carbocycles. The van der Waals surface area contributed by atoms with E-state index in [9.17, 15) is 8.78 Å². The van der Waals surface area contributed by atoms with Crippen molar-refractivity contribution >= 4 is 5.69 Å². The summed E-state index contributed by atoms with van der Waals surface area (Å²) >= 11 is 0. The summed E-state index contributed by atoms with van der Waals surface area (Å²) in [6, 6.07) is 5.35. The lowest BCUT2D eigenvalue weighted by Crippen LogP contribution is -2.19. The maximum atomic E-state index is 13.3. The molecule has 15 heavy (non-hydrogen) atoms. The zero-order chi connectivity index (χ0) is 11.3. The number of halogens is 2. The van der Waals surface area contributed by atoms with Gasteiger partial charge in [0.05, 0.1) is 11.8 Å². The molecule has 1 aromatic rings. The fraction of sp³-hybridized carbons (Fsp3) is 0.364. The van der Waals surface area contributed by atoms with Gasteiger partial charge in [-0.3, -0.25) is 0 Å². The maximum Gasteiger partial charge on any atom is 0.146 e. The summed E-state index contributed by atoms with van der Waals surface area (Å²) in [6.45, 7) is 0.536. The van der Waals surface area contributed by atoms with Gasteiger partial charge in [-0.25, -0.2) is 8.78 Å². The lowest BCUT2D eigenvalue weighted by molar-refractivity contribution is 0.595. The molecule has 80 valence electrons. The number of nitriles is 1. The molecule has 0 unspecified atom stereocenters. The third-order valence-electron chi connectivity index (χ3n) is 2.10. The summed E-state index contributed by atoms with van der Waals surface area (Å²) in [6.07, 6.45) is 1.06. The molecule has 1 rings (SSSR count). The normalized spacial score (nSPS) is 9.73.